The molecule has 7 heteroatoms. The first-order valence-corrected chi connectivity index (χ1v) is 7.07. The van der Waals surface area contributed by atoms with Gasteiger partial charge in [-0.25, -0.2) is 9.37 Å². The average molecular weight is 344 g/mol. The molecule has 5 nitrogen and oxygen atoms in total. The van der Waals surface area contributed by atoms with Crippen molar-refractivity contribution >= 4 is 23.4 Å². The number of benzene rings is 1. The number of allylic oxidation sites excluding steroid dienone is 1. The number of nitrogens with two attached hydrogens (primary N) is 1. The summed E-state index contributed by atoms with van der Waals surface area (Å²) in [5.41, 5.74) is 8.88. The number of pyridine rings is 1. The number of nitrogens with zero attached hydrogens (tertiary/aromatic N) is 4. The van der Waals surface area contributed by atoms with E-state index in [1.165, 1.54) is 6.08 Å². The molecule has 0 spiro atoms. The lowest BCUT2D eigenvalue weighted by Gasteiger charge is -2.06. The van der Waals surface area contributed by atoms with Gasteiger partial charge in [0, 0.05) is 30.1 Å². The van der Waals surface area contributed by atoms with Gasteiger partial charge in [0.15, 0.2) is 0 Å². The molecule has 122 valence electrons. The van der Waals surface area contributed by atoms with Gasteiger partial charge in [-0.05, 0) is 24.3 Å². The molecule has 0 amide bonds. The minimum Gasteiger partial charge on any atom is -0.327 e. The van der Waals surface area contributed by atoms with Gasteiger partial charge >= 0.3 is 0 Å². The SMILES string of the molecule is Cl.N#Cc1cc(-c2cccnc2)c2ncn(CC(F)=CCN)c2c1. The van der Waals surface area contributed by atoms with E-state index in [0.29, 0.717) is 16.6 Å². The van der Waals surface area contributed by atoms with Gasteiger partial charge in [0.25, 0.3) is 0 Å². The van der Waals surface area contributed by atoms with Crippen molar-refractivity contribution in [2.24, 2.45) is 5.73 Å². The summed E-state index contributed by atoms with van der Waals surface area (Å²) in [6, 6.07) is 9.33. The lowest BCUT2D eigenvalue weighted by molar-refractivity contribution is 0.558. The largest absolute Gasteiger partial charge is 0.327 e. The van der Waals surface area contributed by atoms with Gasteiger partial charge in [-0.1, -0.05) is 6.07 Å². The third kappa shape index (κ3) is 3.43. The van der Waals surface area contributed by atoms with E-state index in [2.05, 4.69) is 16.0 Å². The van der Waals surface area contributed by atoms with E-state index in [-0.39, 0.29) is 31.3 Å². The molecule has 0 saturated carbocycles. The lowest BCUT2D eigenvalue weighted by atomic mass is 10.0. The van der Waals surface area contributed by atoms with Crippen LogP contribution in [0.3, 0.4) is 0 Å². The Hall–Kier alpha value is -2.75. The zero-order valence-electron chi connectivity index (χ0n) is 12.7. The first-order valence-electron chi connectivity index (χ1n) is 7.07. The highest BCUT2D eigenvalue weighted by atomic mass is 35.5. The number of imidazole rings is 1. The number of halogens is 2. The summed E-state index contributed by atoms with van der Waals surface area (Å²) >= 11 is 0. The fourth-order valence-corrected chi connectivity index (χ4v) is 2.45. The minimum atomic E-state index is -0.336. The van der Waals surface area contributed by atoms with Gasteiger partial charge in [0.05, 0.1) is 35.5 Å². The zero-order valence-corrected chi connectivity index (χ0v) is 13.5. The molecule has 0 unspecified atom stereocenters. The number of nitriles is 1. The molecule has 0 atom stereocenters. The topological polar surface area (TPSA) is 80.5 Å². The van der Waals surface area contributed by atoms with Crippen LogP contribution in [-0.2, 0) is 6.54 Å². The highest BCUT2D eigenvalue weighted by molar-refractivity contribution is 5.93. The first-order chi connectivity index (χ1) is 11.2. The molecular weight excluding hydrogens is 329 g/mol. The molecular formula is C17H15ClFN5. The van der Waals surface area contributed by atoms with Gasteiger partial charge in [0.1, 0.15) is 5.83 Å². The highest BCUT2D eigenvalue weighted by Gasteiger charge is 2.12. The van der Waals surface area contributed by atoms with Crippen molar-refractivity contribution < 1.29 is 4.39 Å². The normalized spacial score (nSPS) is 11.1. The number of rotatable bonds is 4. The quantitative estimate of drug-likeness (QED) is 0.788. The molecule has 0 aliphatic carbocycles. The number of hydrogen-bond donors (Lipinski definition) is 1. The van der Waals surface area contributed by atoms with Gasteiger partial charge < -0.3 is 10.3 Å². The second kappa shape index (κ2) is 7.68. The Balaban J connectivity index is 0.00000208. The Labute approximate surface area is 144 Å². The predicted octanol–water partition coefficient (Wildman–Crippen LogP) is 3.20. The molecule has 0 radical (unpaired) electrons. The maximum atomic E-state index is 13.8. The Kier molecular flexibility index (Phi) is 5.64. The molecule has 0 aliphatic rings. The van der Waals surface area contributed by atoms with Crippen molar-refractivity contribution in [3.05, 3.63) is 60.5 Å². The van der Waals surface area contributed by atoms with E-state index in [1.807, 2.05) is 12.1 Å². The number of fused-ring (bicyclic) bond motifs is 1. The summed E-state index contributed by atoms with van der Waals surface area (Å²) in [5.74, 6) is -0.336. The number of aromatic nitrogens is 3. The van der Waals surface area contributed by atoms with Crippen LogP contribution in [0.5, 0.6) is 0 Å². The zero-order chi connectivity index (χ0) is 16.2. The second-order valence-corrected chi connectivity index (χ2v) is 5.00. The van der Waals surface area contributed by atoms with E-state index in [1.54, 1.807) is 35.4 Å². The van der Waals surface area contributed by atoms with Crippen LogP contribution in [-0.4, -0.2) is 21.1 Å². The summed E-state index contributed by atoms with van der Waals surface area (Å²) in [6.45, 7) is 0.178. The van der Waals surface area contributed by atoms with Crippen LogP contribution in [0.4, 0.5) is 4.39 Å². The number of hydrogen-bond acceptors (Lipinski definition) is 4. The minimum absolute atomic E-state index is 0. The van der Waals surface area contributed by atoms with Crippen molar-refractivity contribution in [3.8, 4) is 17.2 Å². The van der Waals surface area contributed by atoms with Crippen molar-refractivity contribution in [3.63, 3.8) is 0 Å². The summed E-state index contributed by atoms with van der Waals surface area (Å²) in [7, 11) is 0. The van der Waals surface area contributed by atoms with Crippen LogP contribution in [0.15, 0.2) is 54.9 Å². The Bertz CT molecular complexity index is 912. The van der Waals surface area contributed by atoms with Gasteiger partial charge in [0.2, 0.25) is 0 Å². The van der Waals surface area contributed by atoms with E-state index in [0.717, 1.165) is 11.1 Å². The summed E-state index contributed by atoms with van der Waals surface area (Å²) < 4.78 is 15.4. The van der Waals surface area contributed by atoms with Crippen LogP contribution in [0, 0.1) is 11.3 Å². The monoisotopic (exact) mass is 343 g/mol. The van der Waals surface area contributed by atoms with Crippen molar-refractivity contribution in [2.45, 2.75) is 6.54 Å². The van der Waals surface area contributed by atoms with E-state index < -0.39 is 0 Å². The predicted molar refractivity (Wildman–Crippen MR) is 93.2 cm³/mol. The molecule has 3 rings (SSSR count). The average Bonchev–Trinajstić information content (AvgIpc) is 2.98. The highest BCUT2D eigenvalue weighted by Crippen LogP contribution is 2.29. The van der Waals surface area contributed by atoms with E-state index >= 15 is 0 Å². The smallest absolute Gasteiger partial charge is 0.117 e. The van der Waals surface area contributed by atoms with Crippen molar-refractivity contribution in [1.82, 2.24) is 14.5 Å². The molecule has 2 aromatic heterocycles. The second-order valence-electron chi connectivity index (χ2n) is 5.00. The first kappa shape index (κ1) is 17.6. The molecule has 0 saturated heterocycles. The Morgan fingerprint density at radius 2 is 2.25 bits per heavy atom. The van der Waals surface area contributed by atoms with Crippen LogP contribution in [0.1, 0.15) is 5.56 Å². The maximum absolute atomic E-state index is 13.8. The molecule has 1 aromatic carbocycles. The van der Waals surface area contributed by atoms with Gasteiger partial charge in [-0.2, -0.15) is 5.26 Å². The molecule has 24 heavy (non-hydrogen) atoms. The van der Waals surface area contributed by atoms with Crippen LogP contribution in [0.25, 0.3) is 22.2 Å². The fourth-order valence-electron chi connectivity index (χ4n) is 2.45. The van der Waals surface area contributed by atoms with Gasteiger partial charge in [-0.3, -0.25) is 4.98 Å². The molecule has 3 aromatic rings. The Morgan fingerprint density at radius 3 is 2.92 bits per heavy atom. The van der Waals surface area contributed by atoms with E-state index in [9.17, 15) is 9.65 Å². The van der Waals surface area contributed by atoms with Crippen molar-refractivity contribution in [1.29, 1.82) is 5.26 Å². The molecule has 0 bridgehead atoms. The van der Waals surface area contributed by atoms with Crippen molar-refractivity contribution in [2.75, 3.05) is 6.54 Å². The van der Waals surface area contributed by atoms with Crippen LogP contribution < -0.4 is 5.73 Å². The maximum Gasteiger partial charge on any atom is 0.117 e. The van der Waals surface area contributed by atoms with Gasteiger partial charge in [-0.15, -0.1) is 12.4 Å². The standard InChI is InChI=1S/C17H14FN5.ClH/c18-14(3-4-19)10-23-11-22-17-15(13-2-1-5-21-9-13)6-12(8-20)7-16(17)23;/h1-3,5-7,9,11H,4,10,19H2;1H. The molecule has 0 aliphatic heterocycles. The van der Waals surface area contributed by atoms with Crippen LogP contribution in [0.2, 0.25) is 0 Å². The van der Waals surface area contributed by atoms with Crippen LogP contribution >= 0.6 is 12.4 Å². The molecule has 0 fully saturated rings. The summed E-state index contributed by atoms with van der Waals surface area (Å²) in [5, 5.41) is 9.27. The van der Waals surface area contributed by atoms with E-state index in [4.69, 9.17) is 5.73 Å². The molecule has 2 N–H and O–H groups in total. The Morgan fingerprint density at radius 1 is 1.42 bits per heavy atom. The third-order valence-electron chi connectivity index (χ3n) is 3.49. The fraction of sp³-hybridized carbons (Fsp3) is 0.118. The summed E-state index contributed by atoms with van der Waals surface area (Å²) in [6.07, 6.45) is 6.28. The molecule has 2 heterocycles. The lowest BCUT2D eigenvalue weighted by Crippen LogP contribution is -2.00. The summed E-state index contributed by atoms with van der Waals surface area (Å²) in [4.78, 5) is 8.49. The third-order valence-corrected chi connectivity index (χ3v) is 3.49.